The van der Waals surface area contributed by atoms with E-state index in [0.29, 0.717) is 17.9 Å². The number of carbonyl (C=O) groups excluding carboxylic acids is 1. The average molecular weight is 208 g/mol. The van der Waals surface area contributed by atoms with E-state index in [2.05, 4.69) is 21.8 Å². The molecule has 0 unspecified atom stereocenters. The van der Waals surface area contributed by atoms with Crippen molar-refractivity contribution in [3.63, 3.8) is 0 Å². The van der Waals surface area contributed by atoms with E-state index in [1.54, 1.807) is 6.92 Å². The molecule has 1 aliphatic carbocycles. The van der Waals surface area contributed by atoms with Crippen molar-refractivity contribution in [3.8, 4) is 0 Å². The SMILES string of the molecule is CC(=O)NC1CCC(c2n[c]no2)CC1. The second-order valence-corrected chi connectivity index (χ2v) is 3.98. The van der Waals surface area contributed by atoms with Crippen LogP contribution in [0.1, 0.15) is 44.4 Å². The number of hydrogen-bond acceptors (Lipinski definition) is 4. The Morgan fingerprint density at radius 2 is 2.20 bits per heavy atom. The third kappa shape index (κ3) is 2.55. The zero-order chi connectivity index (χ0) is 10.7. The lowest BCUT2D eigenvalue weighted by Gasteiger charge is -2.26. The highest BCUT2D eigenvalue weighted by molar-refractivity contribution is 5.73. The van der Waals surface area contributed by atoms with Gasteiger partial charge in [0, 0.05) is 18.9 Å². The summed E-state index contributed by atoms with van der Waals surface area (Å²) in [4.78, 5) is 14.8. The van der Waals surface area contributed by atoms with Crippen molar-refractivity contribution in [3.05, 3.63) is 12.2 Å². The third-order valence-electron chi connectivity index (χ3n) is 2.82. The van der Waals surface area contributed by atoms with Crippen LogP contribution < -0.4 is 5.32 Å². The van der Waals surface area contributed by atoms with Crippen LogP contribution >= 0.6 is 0 Å². The maximum atomic E-state index is 10.9. The summed E-state index contributed by atoms with van der Waals surface area (Å²) in [6.45, 7) is 1.55. The van der Waals surface area contributed by atoms with Crippen LogP contribution in [0.4, 0.5) is 0 Å². The van der Waals surface area contributed by atoms with Crippen LogP contribution in [-0.4, -0.2) is 22.1 Å². The Morgan fingerprint density at radius 3 is 2.73 bits per heavy atom. The van der Waals surface area contributed by atoms with Crippen LogP contribution in [0.5, 0.6) is 0 Å². The number of amides is 1. The third-order valence-corrected chi connectivity index (χ3v) is 2.82. The molecule has 0 atom stereocenters. The minimum Gasteiger partial charge on any atom is -0.354 e. The van der Waals surface area contributed by atoms with Gasteiger partial charge in [0.15, 0.2) is 0 Å². The highest BCUT2D eigenvalue weighted by Crippen LogP contribution is 2.31. The lowest BCUT2D eigenvalue weighted by atomic mass is 9.86. The maximum Gasteiger partial charge on any atom is 0.243 e. The van der Waals surface area contributed by atoms with Gasteiger partial charge in [-0.1, -0.05) is 5.16 Å². The van der Waals surface area contributed by atoms with E-state index < -0.39 is 0 Å². The molecule has 1 amide bonds. The van der Waals surface area contributed by atoms with Crippen LogP contribution in [0.15, 0.2) is 4.52 Å². The summed E-state index contributed by atoms with van der Waals surface area (Å²) >= 11 is 0. The Balaban J connectivity index is 1.84. The Labute approximate surface area is 88.2 Å². The molecule has 15 heavy (non-hydrogen) atoms. The van der Waals surface area contributed by atoms with Gasteiger partial charge in [-0.05, 0) is 25.7 Å². The predicted molar refractivity (Wildman–Crippen MR) is 51.9 cm³/mol. The number of nitrogens with one attached hydrogen (secondary N) is 1. The zero-order valence-corrected chi connectivity index (χ0v) is 8.69. The van der Waals surface area contributed by atoms with Gasteiger partial charge in [0.25, 0.3) is 0 Å². The summed E-state index contributed by atoms with van der Waals surface area (Å²) in [5, 5.41) is 6.42. The molecule has 5 nitrogen and oxygen atoms in total. The molecule has 1 radical (unpaired) electrons. The average Bonchev–Trinajstić information content (AvgIpc) is 2.71. The molecule has 0 bridgehead atoms. The molecule has 1 N–H and O–H groups in total. The lowest BCUT2D eigenvalue weighted by molar-refractivity contribution is -0.119. The fourth-order valence-corrected chi connectivity index (χ4v) is 2.10. The van der Waals surface area contributed by atoms with Crippen molar-refractivity contribution >= 4 is 5.91 Å². The molecular formula is C10H14N3O2. The summed E-state index contributed by atoms with van der Waals surface area (Å²) in [5.74, 6) is 1.06. The second kappa shape index (κ2) is 4.42. The van der Waals surface area contributed by atoms with Crippen LogP contribution in [0.3, 0.4) is 0 Å². The first-order chi connectivity index (χ1) is 7.25. The van der Waals surface area contributed by atoms with Gasteiger partial charge in [-0.2, -0.15) is 4.98 Å². The molecule has 5 heteroatoms. The van der Waals surface area contributed by atoms with E-state index in [1.807, 2.05) is 0 Å². The zero-order valence-electron chi connectivity index (χ0n) is 8.69. The fraction of sp³-hybridized carbons (Fsp3) is 0.700. The number of rotatable bonds is 2. The van der Waals surface area contributed by atoms with Gasteiger partial charge in [-0.15, -0.1) is 0 Å². The van der Waals surface area contributed by atoms with Gasteiger partial charge in [0.2, 0.25) is 18.1 Å². The number of carbonyl (C=O) groups is 1. The lowest BCUT2D eigenvalue weighted by Crippen LogP contribution is -2.35. The number of hydrogen-bond donors (Lipinski definition) is 1. The van der Waals surface area contributed by atoms with Gasteiger partial charge in [-0.3, -0.25) is 4.79 Å². The topological polar surface area (TPSA) is 68.0 Å². The fourth-order valence-electron chi connectivity index (χ4n) is 2.10. The van der Waals surface area contributed by atoms with E-state index in [1.165, 1.54) is 0 Å². The first-order valence-corrected chi connectivity index (χ1v) is 5.22. The molecule has 1 aromatic heterocycles. The molecule has 1 heterocycles. The molecular weight excluding hydrogens is 194 g/mol. The quantitative estimate of drug-likeness (QED) is 0.788. The van der Waals surface area contributed by atoms with E-state index >= 15 is 0 Å². The summed E-state index contributed by atoms with van der Waals surface area (Å²) < 4.78 is 4.99. The van der Waals surface area contributed by atoms with Crippen molar-refractivity contribution in [2.24, 2.45) is 0 Å². The summed E-state index contributed by atoms with van der Waals surface area (Å²) in [5.41, 5.74) is 0. The Morgan fingerprint density at radius 1 is 1.47 bits per heavy atom. The van der Waals surface area contributed by atoms with Gasteiger partial charge < -0.3 is 9.84 Å². The number of aromatic nitrogens is 2. The standard InChI is InChI=1S/C10H14N3O2/c1-7(14)13-9-4-2-8(3-5-9)10-11-6-12-15-10/h8-9H,2-5H2,1H3,(H,13,14). The Bertz CT molecular complexity index is 315. The second-order valence-electron chi connectivity index (χ2n) is 3.98. The summed E-state index contributed by atoms with van der Waals surface area (Å²) in [7, 11) is 0. The van der Waals surface area contributed by atoms with Crippen molar-refractivity contribution in [1.82, 2.24) is 15.5 Å². The molecule has 1 saturated carbocycles. The van der Waals surface area contributed by atoms with Crippen molar-refractivity contribution in [2.45, 2.75) is 44.6 Å². The largest absolute Gasteiger partial charge is 0.354 e. The van der Waals surface area contributed by atoms with Gasteiger partial charge in [-0.25, -0.2) is 0 Å². The van der Waals surface area contributed by atoms with Crippen LogP contribution in [0.2, 0.25) is 0 Å². The summed E-state index contributed by atoms with van der Waals surface area (Å²) in [6, 6.07) is 0.311. The first-order valence-electron chi connectivity index (χ1n) is 5.22. The molecule has 2 rings (SSSR count). The molecule has 81 valence electrons. The Kier molecular flexibility index (Phi) is 2.99. The van der Waals surface area contributed by atoms with Gasteiger partial charge in [0.1, 0.15) is 0 Å². The molecule has 0 spiro atoms. The molecule has 1 aromatic rings. The molecule has 1 aliphatic rings. The van der Waals surface area contributed by atoms with Crippen LogP contribution in [0.25, 0.3) is 0 Å². The van der Waals surface area contributed by atoms with Crippen LogP contribution in [-0.2, 0) is 4.79 Å². The van der Waals surface area contributed by atoms with Crippen LogP contribution in [0, 0.1) is 6.33 Å². The maximum absolute atomic E-state index is 10.9. The van der Waals surface area contributed by atoms with Gasteiger partial charge in [0.05, 0.1) is 0 Å². The molecule has 0 saturated heterocycles. The number of nitrogens with zero attached hydrogens (tertiary/aromatic N) is 2. The molecule has 1 fully saturated rings. The van der Waals surface area contributed by atoms with Crippen molar-refractivity contribution in [2.75, 3.05) is 0 Å². The minimum atomic E-state index is 0.0459. The van der Waals surface area contributed by atoms with Crippen molar-refractivity contribution < 1.29 is 9.32 Å². The van der Waals surface area contributed by atoms with E-state index in [9.17, 15) is 4.79 Å². The predicted octanol–water partition coefficient (Wildman–Crippen LogP) is 1.03. The summed E-state index contributed by atoms with van der Waals surface area (Å²) in [6.07, 6.45) is 6.37. The van der Waals surface area contributed by atoms with E-state index in [4.69, 9.17) is 4.52 Å². The Hall–Kier alpha value is -1.39. The molecule has 0 aromatic carbocycles. The van der Waals surface area contributed by atoms with Gasteiger partial charge >= 0.3 is 0 Å². The molecule has 0 aliphatic heterocycles. The monoisotopic (exact) mass is 208 g/mol. The first kappa shape index (κ1) is 10.1. The highest BCUT2D eigenvalue weighted by atomic mass is 16.5. The highest BCUT2D eigenvalue weighted by Gasteiger charge is 2.25. The van der Waals surface area contributed by atoms with E-state index in [-0.39, 0.29) is 5.91 Å². The minimum absolute atomic E-state index is 0.0459. The smallest absolute Gasteiger partial charge is 0.243 e. The normalized spacial score (nSPS) is 26.2. The van der Waals surface area contributed by atoms with E-state index in [0.717, 1.165) is 25.7 Å². The van der Waals surface area contributed by atoms with Crippen molar-refractivity contribution in [1.29, 1.82) is 0 Å².